The second kappa shape index (κ2) is 10.5. The second-order valence-electron chi connectivity index (χ2n) is 8.32. The van der Waals surface area contributed by atoms with E-state index in [1.807, 2.05) is 11.9 Å². The minimum Gasteiger partial charge on any atom is -0.507 e. The average molecular weight is 527 g/mol. The van der Waals surface area contributed by atoms with Gasteiger partial charge in [-0.15, -0.1) is 0 Å². The van der Waals surface area contributed by atoms with Gasteiger partial charge in [-0.25, -0.2) is 4.79 Å². The summed E-state index contributed by atoms with van der Waals surface area (Å²) in [7, 11) is 1.90. The fourth-order valence-electron chi connectivity index (χ4n) is 3.85. The number of carbonyl (C=O) groups excluding carboxylic acids is 4. The maximum Gasteiger partial charge on any atom is 0.340 e. The molecule has 0 aliphatic carbocycles. The third-order valence-corrected chi connectivity index (χ3v) is 6.28. The standard InChI is InChI=1S/C26H20Cl2N2O6/c1-30-10-18(11-30)36-26(35)20-4-2-14(19-5-3-17(27)8-22(19)28)7-23(20)29-25(34)21-9-24(33)16(13-32)6-15(21)12-31/h2-9,12-13,18,33H,10-11H2,1H3,(H,29,34). The van der Waals surface area contributed by atoms with Crippen LogP contribution in [0.3, 0.4) is 0 Å². The Kier molecular flexibility index (Phi) is 7.40. The van der Waals surface area contributed by atoms with Crippen molar-refractivity contribution in [1.82, 2.24) is 4.90 Å². The Morgan fingerprint density at radius 1 is 1.00 bits per heavy atom. The van der Waals surface area contributed by atoms with E-state index in [0.29, 0.717) is 46.8 Å². The number of amides is 1. The van der Waals surface area contributed by atoms with Crippen LogP contribution in [0.1, 0.15) is 41.4 Å². The molecule has 0 unspecified atom stereocenters. The summed E-state index contributed by atoms with van der Waals surface area (Å²) in [5.41, 5.74) is 0.974. The molecule has 0 radical (unpaired) electrons. The van der Waals surface area contributed by atoms with Crippen LogP contribution in [0.15, 0.2) is 48.5 Å². The molecule has 1 heterocycles. The molecule has 1 amide bonds. The summed E-state index contributed by atoms with van der Waals surface area (Å²) in [6, 6.07) is 11.8. The maximum atomic E-state index is 13.1. The maximum absolute atomic E-state index is 13.1. The predicted molar refractivity (Wildman–Crippen MR) is 135 cm³/mol. The van der Waals surface area contributed by atoms with Gasteiger partial charge in [0.15, 0.2) is 12.6 Å². The number of carbonyl (C=O) groups is 4. The van der Waals surface area contributed by atoms with Crippen LogP contribution in [-0.4, -0.2) is 60.7 Å². The Balaban J connectivity index is 1.73. The zero-order chi connectivity index (χ0) is 26.0. The molecule has 0 aromatic heterocycles. The lowest BCUT2D eigenvalue weighted by Crippen LogP contribution is -2.50. The number of anilines is 1. The van der Waals surface area contributed by atoms with Gasteiger partial charge in [0.2, 0.25) is 0 Å². The summed E-state index contributed by atoms with van der Waals surface area (Å²) >= 11 is 12.4. The Morgan fingerprint density at radius 2 is 1.72 bits per heavy atom. The monoisotopic (exact) mass is 526 g/mol. The highest BCUT2D eigenvalue weighted by atomic mass is 35.5. The number of hydrogen-bond donors (Lipinski definition) is 2. The van der Waals surface area contributed by atoms with Crippen LogP contribution in [0.5, 0.6) is 5.75 Å². The largest absolute Gasteiger partial charge is 0.507 e. The van der Waals surface area contributed by atoms with Gasteiger partial charge in [-0.1, -0.05) is 35.3 Å². The number of benzene rings is 3. The molecule has 1 aliphatic rings. The number of aromatic hydroxyl groups is 1. The van der Waals surface area contributed by atoms with E-state index in [1.54, 1.807) is 30.3 Å². The Hall–Kier alpha value is -3.72. The van der Waals surface area contributed by atoms with Crippen LogP contribution in [0.25, 0.3) is 11.1 Å². The SMILES string of the molecule is CN1CC(OC(=O)c2ccc(-c3ccc(Cl)cc3Cl)cc2NC(=O)c2cc(O)c(C=O)cc2C=O)C1. The molecule has 10 heteroatoms. The highest BCUT2D eigenvalue weighted by Gasteiger charge is 2.29. The molecule has 36 heavy (non-hydrogen) atoms. The van der Waals surface area contributed by atoms with Crippen molar-refractivity contribution in [3.8, 4) is 16.9 Å². The number of phenolic OH excluding ortho intramolecular Hbond substituents is 1. The lowest BCUT2D eigenvalue weighted by Gasteiger charge is -2.35. The molecular weight excluding hydrogens is 507 g/mol. The van der Waals surface area contributed by atoms with E-state index in [-0.39, 0.29) is 34.0 Å². The highest BCUT2D eigenvalue weighted by molar-refractivity contribution is 6.36. The first-order valence-corrected chi connectivity index (χ1v) is 11.5. The van der Waals surface area contributed by atoms with E-state index in [2.05, 4.69) is 5.32 Å². The van der Waals surface area contributed by atoms with Crippen molar-refractivity contribution in [1.29, 1.82) is 0 Å². The Morgan fingerprint density at radius 3 is 2.36 bits per heavy atom. The number of aldehydes is 2. The topological polar surface area (TPSA) is 113 Å². The van der Waals surface area contributed by atoms with Gasteiger partial charge in [0.25, 0.3) is 5.91 Å². The summed E-state index contributed by atoms with van der Waals surface area (Å²) in [4.78, 5) is 50.7. The van der Waals surface area contributed by atoms with E-state index in [4.69, 9.17) is 27.9 Å². The van der Waals surface area contributed by atoms with Crippen molar-refractivity contribution in [3.05, 3.63) is 80.8 Å². The van der Waals surface area contributed by atoms with E-state index < -0.39 is 17.6 Å². The third-order valence-electron chi connectivity index (χ3n) is 5.73. The van der Waals surface area contributed by atoms with Gasteiger partial charge in [0.05, 0.1) is 22.4 Å². The van der Waals surface area contributed by atoms with Gasteiger partial charge in [0.1, 0.15) is 11.9 Å². The smallest absolute Gasteiger partial charge is 0.340 e. The van der Waals surface area contributed by atoms with Crippen LogP contribution < -0.4 is 5.32 Å². The highest BCUT2D eigenvalue weighted by Crippen LogP contribution is 2.34. The number of rotatable bonds is 7. The van der Waals surface area contributed by atoms with Crippen LogP contribution in [0, 0.1) is 0 Å². The summed E-state index contributed by atoms with van der Waals surface area (Å²) < 4.78 is 5.54. The number of nitrogens with zero attached hydrogens (tertiary/aromatic N) is 1. The van der Waals surface area contributed by atoms with E-state index in [0.717, 1.165) is 12.1 Å². The summed E-state index contributed by atoms with van der Waals surface area (Å²) in [5, 5.41) is 13.5. The normalized spacial score (nSPS) is 13.5. The van der Waals surface area contributed by atoms with Crippen molar-refractivity contribution in [2.24, 2.45) is 0 Å². The molecule has 2 N–H and O–H groups in total. The fourth-order valence-corrected chi connectivity index (χ4v) is 4.37. The number of ether oxygens (including phenoxy) is 1. The van der Waals surface area contributed by atoms with Crippen molar-refractivity contribution >= 4 is 53.3 Å². The van der Waals surface area contributed by atoms with Crippen LogP contribution in [-0.2, 0) is 4.74 Å². The molecule has 8 nitrogen and oxygen atoms in total. The molecule has 0 atom stereocenters. The number of likely N-dealkylation sites (N-methyl/N-ethyl adjacent to an activating group) is 1. The molecule has 1 aliphatic heterocycles. The first-order chi connectivity index (χ1) is 17.2. The quantitative estimate of drug-likeness (QED) is 0.338. The van der Waals surface area contributed by atoms with Gasteiger partial charge in [-0.3, -0.25) is 19.3 Å². The van der Waals surface area contributed by atoms with Crippen molar-refractivity contribution in [3.63, 3.8) is 0 Å². The number of likely N-dealkylation sites (tertiary alicyclic amines) is 1. The van der Waals surface area contributed by atoms with Crippen molar-refractivity contribution in [2.45, 2.75) is 6.10 Å². The summed E-state index contributed by atoms with van der Waals surface area (Å²) in [5.74, 6) is -1.87. The van der Waals surface area contributed by atoms with Crippen LogP contribution in [0.2, 0.25) is 10.0 Å². The molecule has 1 saturated heterocycles. The second-order valence-corrected chi connectivity index (χ2v) is 9.16. The minimum absolute atomic E-state index is 0.0909. The van der Waals surface area contributed by atoms with Gasteiger partial charge >= 0.3 is 5.97 Å². The molecule has 184 valence electrons. The van der Waals surface area contributed by atoms with Crippen LogP contribution in [0.4, 0.5) is 5.69 Å². The summed E-state index contributed by atoms with van der Waals surface area (Å²) in [6.45, 7) is 1.19. The number of phenols is 1. The Labute approximate surface area is 216 Å². The molecule has 3 aromatic carbocycles. The molecule has 3 aromatic rings. The Bertz CT molecular complexity index is 1390. The van der Waals surface area contributed by atoms with Gasteiger partial charge < -0.3 is 15.2 Å². The lowest BCUT2D eigenvalue weighted by atomic mass is 10.0. The number of nitrogens with one attached hydrogen (secondary N) is 1. The molecule has 1 fully saturated rings. The van der Waals surface area contributed by atoms with E-state index in [9.17, 15) is 24.3 Å². The molecule has 0 saturated carbocycles. The zero-order valence-corrected chi connectivity index (χ0v) is 20.5. The number of esters is 1. The first-order valence-electron chi connectivity index (χ1n) is 10.8. The molecule has 0 spiro atoms. The van der Waals surface area contributed by atoms with Crippen LogP contribution >= 0.6 is 23.2 Å². The molecule has 0 bridgehead atoms. The average Bonchev–Trinajstić information content (AvgIpc) is 2.82. The fraction of sp³-hybridized carbons (Fsp3) is 0.154. The van der Waals surface area contributed by atoms with E-state index >= 15 is 0 Å². The molecular formula is C26H20Cl2N2O6. The number of halogens is 2. The van der Waals surface area contributed by atoms with Crippen molar-refractivity contribution in [2.75, 3.05) is 25.5 Å². The van der Waals surface area contributed by atoms with Gasteiger partial charge in [-0.2, -0.15) is 0 Å². The van der Waals surface area contributed by atoms with Crippen molar-refractivity contribution < 1.29 is 29.0 Å². The first kappa shape index (κ1) is 25.4. The zero-order valence-electron chi connectivity index (χ0n) is 19.0. The molecule has 4 rings (SSSR count). The minimum atomic E-state index is -0.776. The predicted octanol–water partition coefficient (Wildman–Crippen LogP) is 4.71. The van der Waals surface area contributed by atoms with Gasteiger partial charge in [0, 0.05) is 34.3 Å². The summed E-state index contributed by atoms with van der Waals surface area (Å²) in [6.07, 6.45) is 0.494. The lowest BCUT2D eigenvalue weighted by molar-refractivity contribution is -0.0211. The number of hydrogen-bond acceptors (Lipinski definition) is 7. The van der Waals surface area contributed by atoms with Gasteiger partial charge in [-0.05, 0) is 49.0 Å². The van der Waals surface area contributed by atoms with E-state index in [1.165, 1.54) is 6.07 Å². The third kappa shape index (κ3) is 5.26.